The van der Waals surface area contributed by atoms with Crippen LogP contribution in [0.5, 0.6) is 0 Å². The Bertz CT molecular complexity index is 840. The molecule has 3 aromatic rings. The summed E-state index contributed by atoms with van der Waals surface area (Å²) in [6.45, 7) is 4.96. The summed E-state index contributed by atoms with van der Waals surface area (Å²) < 4.78 is 7.18. The zero-order chi connectivity index (χ0) is 15.8. The van der Waals surface area contributed by atoms with Gasteiger partial charge in [-0.05, 0) is 25.1 Å². The van der Waals surface area contributed by atoms with Crippen molar-refractivity contribution in [1.29, 1.82) is 0 Å². The number of ether oxygens (including phenoxy) is 1. The maximum absolute atomic E-state index is 5.99. The molecule has 2 aromatic heterocycles. The number of morpholine rings is 1. The average Bonchev–Trinajstić information content (AvgIpc) is 2.99. The fraction of sp³-hybridized carbons (Fsp3) is 0.312. The fourth-order valence-electron chi connectivity index (χ4n) is 2.70. The van der Waals surface area contributed by atoms with Crippen molar-refractivity contribution in [3.05, 3.63) is 41.0 Å². The molecule has 4 rings (SSSR count). The van der Waals surface area contributed by atoms with E-state index < -0.39 is 0 Å². The summed E-state index contributed by atoms with van der Waals surface area (Å²) in [5.74, 6) is 1.30. The molecule has 3 heterocycles. The molecule has 0 aliphatic carbocycles. The van der Waals surface area contributed by atoms with Gasteiger partial charge in [-0.25, -0.2) is 4.98 Å². The van der Waals surface area contributed by atoms with Gasteiger partial charge in [0.1, 0.15) is 0 Å². The SMILES string of the molecule is Cc1cc(-c2ccc(Cl)cc2)n2nc(N3CCOCC3)nc2n1. The molecular weight excluding hydrogens is 314 g/mol. The highest BCUT2D eigenvalue weighted by Crippen LogP contribution is 2.23. The summed E-state index contributed by atoms with van der Waals surface area (Å²) in [4.78, 5) is 11.2. The smallest absolute Gasteiger partial charge is 0.254 e. The normalized spacial score (nSPS) is 15.3. The van der Waals surface area contributed by atoms with E-state index in [1.165, 1.54) is 0 Å². The molecule has 7 heteroatoms. The van der Waals surface area contributed by atoms with Gasteiger partial charge in [0.15, 0.2) is 0 Å². The number of fused-ring (bicyclic) bond motifs is 1. The van der Waals surface area contributed by atoms with E-state index in [2.05, 4.69) is 20.0 Å². The topological polar surface area (TPSA) is 55.5 Å². The minimum absolute atomic E-state index is 0.608. The number of benzene rings is 1. The monoisotopic (exact) mass is 329 g/mol. The summed E-state index contributed by atoms with van der Waals surface area (Å²) in [5, 5.41) is 5.37. The molecule has 0 spiro atoms. The third kappa shape index (κ3) is 2.75. The van der Waals surface area contributed by atoms with Crippen molar-refractivity contribution in [3.8, 4) is 11.3 Å². The molecule has 0 bridgehead atoms. The van der Waals surface area contributed by atoms with E-state index in [1.807, 2.05) is 37.3 Å². The molecule has 0 N–H and O–H groups in total. The third-order valence-electron chi connectivity index (χ3n) is 3.86. The first-order valence-corrected chi connectivity index (χ1v) is 7.91. The summed E-state index contributed by atoms with van der Waals surface area (Å²) in [6.07, 6.45) is 0. The number of halogens is 1. The Morgan fingerprint density at radius 3 is 2.57 bits per heavy atom. The van der Waals surface area contributed by atoms with Gasteiger partial charge >= 0.3 is 0 Å². The second-order valence-electron chi connectivity index (χ2n) is 5.51. The lowest BCUT2D eigenvalue weighted by Crippen LogP contribution is -2.36. The summed E-state index contributed by atoms with van der Waals surface area (Å²) >= 11 is 5.99. The van der Waals surface area contributed by atoms with Crippen LogP contribution >= 0.6 is 11.6 Å². The highest BCUT2D eigenvalue weighted by Gasteiger charge is 2.18. The molecule has 6 nitrogen and oxygen atoms in total. The highest BCUT2D eigenvalue weighted by atomic mass is 35.5. The number of rotatable bonds is 2. The molecule has 1 aromatic carbocycles. The molecule has 1 saturated heterocycles. The zero-order valence-corrected chi connectivity index (χ0v) is 13.5. The van der Waals surface area contributed by atoms with Crippen LogP contribution in [-0.4, -0.2) is 45.9 Å². The molecule has 1 fully saturated rings. The van der Waals surface area contributed by atoms with Gasteiger partial charge in [0.2, 0.25) is 5.95 Å². The molecule has 0 unspecified atom stereocenters. The Hall–Kier alpha value is -2.18. The quantitative estimate of drug-likeness (QED) is 0.723. The Balaban J connectivity index is 1.83. The highest BCUT2D eigenvalue weighted by molar-refractivity contribution is 6.30. The maximum Gasteiger partial charge on any atom is 0.254 e. The van der Waals surface area contributed by atoms with Crippen molar-refractivity contribution in [2.24, 2.45) is 0 Å². The lowest BCUT2D eigenvalue weighted by Gasteiger charge is -2.25. The first-order valence-electron chi connectivity index (χ1n) is 7.54. The minimum atomic E-state index is 0.608. The van der Waals surface area contributed by atoms with E-state index in [0.717, 1.165) is 30.0 Å². The molecule has 0 radical (unpaired) electrons. The van der Waals surface area contributed by atoms with Crippen LogP contribution in [0.1, 0.15) is 5.69 Å². The Kier molecular flexibility index (Phi) is 3.63. The molecule has 118 valence electrons. The van der Waals surface area contributed by atoms with Gasteiger partial charge in [-0.3, -0.25) is 0 Å². The lowest BCUT2D eigenvalue weighted by molar-refractivity contribution is 0.122. The molecular formula is C16H16ClN5O. The van der Waals surface area contributed by atoms with Crippen molar-refractivity contribution >= 4 is 23.3 Å². The van der Waals surface area contributed by atoms with Crippen molar-refractivity contribution < 1.29 is 4.74 Å². The van der Waals surface area contributed by atoms with Crippen molar-refractivity contribution in [2.75, 3.05) is 31.2 Å². The van der Waals surface area contributed by atoms with Crippen LogP contribution in [0.2, 0.25) is 5.02 Å². The summed E-state index contributed by atoms with van der Waals surface area (Å²) in [7, 11) is 0. The second-order valence-corrected chi connectivity index (χ2v) is 5.95. The van der Waals surface area contributed by atoms with Crippen LogP contribution in [0.25, 0.3) is 17.0 Å². The number of aromatic nitrogens is 4. The van der Waals surface area contributed by atoms with Crippen LogP contribution in [0.3, 0.4) is 0 Å². The molecule has 23 heavy (non-hydrogen) atoms. The van der Waals surface area contributed by atoms with E-state index in [9.17, 15) is 0 Å². The van der Waals surface area contributed by atoms with Gasteiger partial charge in [-0.2, -0.15) is 9.50 Å². The van der Waals surface area contributed by atoms with Gasteiger partial charge < -0.3 is 9.64 Å². The van der Waals surface area contributed by atoms with Gasteiger partial charge in [0.25, 0.3) is 5.78 Å². The van der Waals surface area contributed by atoms with E-state index in [4.69, 9.17) is 16.3 Å². The van der Waals surface area contributed by atoms with Crippen LogP contribution in [0.4, 0.5) is 5.95 Å². The Morgan fingerprint density at radius 1 is 1.09 bits per heavy atom. The predicted octanol–water partition coefficient (Wildman–Crippen LogP) is 2.59. The van der Waals surface area contributed by atoms with Crippen molar-refractivity contribution in [1.82, 2.24) is 19.6 Å². The number of aryl methyl sites for hydroxylation is 1. The van der Waals surface area contributed by atoms with Crippen LogP contribution in [0.15, 0.2) is 30.3 Å². The first-order chi connectivity index (χ1) is 11.2. The standard InChI is InChI=1S/C16H16ClN5O/c1-11-10-14(12-2-4-13(17)5-3-12)22-15(18-11)19-16(20-22)21-6-8-23-9-7-21/h2-5,10H,6-9H2,1H3. The average molecular weight is 330 g/mol. The van der Waals surface area contributed by atoms with Crippen LogP contribution in [-0.2, 0) is 4.74 Å². The maximum atomic E-state index is 5.99. The lowest BCUT2D eigenvalue weighted by atomic mass is 10.1. The summed E-state index contributed by atoms with van der Waals surface area (Å²) in [5.41, 5.74) is 2.89. The molecule has 1 aliphatic rings. The van der Waals surface area contributed by atoms with Gasteiger partial charge in [0, 0.05) is 29.4 Å². The van der Waals surface area contributed by atoms with E-state index in [-0.39, 0.29) is 0 Å². The van der Waals surface area contributed by atoms with Crippen LogP contribution < -0.4 is 4.90 Å². The Labute approximate surface area is 138 Å². The summed E-state index contributed by atoms with van der Waals surface area (Å²) in [6, 6.07) is 9.71. The number of hydrogen-bond donors (Lipinski definition) is 0. The van der Waals surface area contributed by atoms with E-state index in [1.54, 1.807) is 4.52 Å². The van der Waals surface area contributed by atoms with Gasteiger partial charge in [-0.1, -0.05) is 23.7 Å². The van der Waals surface area contributed by atoms with Gasteiger partial charge in [-0.15, -0.1) is 5.10 Å². The largest absolute Gasteiger partial charge is 0.378 e. The van der Waals surface area contributed by atoms with E-state index >= 15 is 0 Å². The zero-order valence-electron chi connectivity index (χ0n) is 12.7. The predicted molar refractivity (Wildman–Crippen MR) is 89.0 cm³/mol. The molecule has 0 amide bonds. The third-order valence-corrected chi connectivity index (χ3v) is 4.11. The second kappa shape index (κ2) is 5.79. The number of anilines is 1. The number of hydrogen-bond acceptors (Lipinski definition) is 5. The Morgan fingerprint density at radius 2 is 1.83 bits per heavy atom. The molecule has 0 saturated carbocycles. The number of nitrogens with zero attached hydrogens (tertiary/aromatic N) is 5. The minimum Gasteiger partial charge on any atom is -0.378 e. The van der Waals surface area contributed by atoms with E-state index in [0.29, 0.717) is 30.0 Å². The fourth-order valence-corrected chi connectivity index (χ4v) is 2.83. The first kappa shape index (κ1) is 14.4. The van der Waals surface area contributed by atoms with Gasteiger partial charge in [0.05, 0.1) is 18.9 Å². The molecule has 1 aliphatic heterocycles. The molecule has 0 atom stereocenters. The van der Waals surface area contributed by atoms with Crippen molar-refractivity contribution in [2.45, 2.75) is 6.92 Å². The van der Waals surface area contributed by atoms with Crippen molar-refractivity contribution in [3.63, 3.8) is 0 Å². The van der Waals surface area contributed by atoms with Crippen LogP contribution in [0, 0.1) is 6.92 Å².